The van der Waals surface area contributed by atoms with Gasteiger partial charge in [0.05, 0.1) is 28.2 Å². The Labute approximate surface area is 164 Å². The van der Waals surface area contributed by atoms with Crippen LogP contribution < -0.4 is 5.56 Å². The van der Waals surface area contributed by atoms with Crippen molar-refractivity contribution in [3.05, 3.63) is 80.2 Å². The van der Waals surface area contributed by atoms with Gasteiger partial charge in [-0.3, -0.25) is 4.79 Å². The van der Waals surface area contributed by atoms with Crippen LogP contribution >= 0.6 is 11.6 Å². The Hall–Kier alpha value is -3.61. The minimum atomic E-state index is -0.350. The number of halogens is 1. The molecule has 4 aromatic rings. The number of aromatic nitrogens is 3. The first-order chi connectivity index (χ1) is 13.6. The van der Waals surface area contributed by atoms with Crippen LogP contribution in [-0.2, 0) is 5.41 Å². The molecular weight excluding hydrogens is 374 g/mol. The molecule has 5 rings (SSSR count). The van der Waals surface area contributed by atoms with E-state index in [1.807, 2.05) is 30.3 Å². The van der Waals surface area contributed by atoms with Gasteiger partial charge in [-0.25, -0.2) is 4.52 Å². The zero-order valence-electron chi connectivity index (χ0n) is 14.5. The molecule has 1 aliphatic carbocycles. The third-order valence-corrected chi connectivity index (χ3v) is 5.68. The molecule has 0 spiro atoms. The maximum Gasteiger partial charge on any atom is 0.259 e. The molecule has 0 aliphatic heterocycles. The fraction of sp³-hybridized carbons (Fsp3) is 0.143. The summed E-state index contributed by atoms with van der Waals surface area (Å²) < 4.78 is 1.60. The van der Waals surface area contributed by atoms with Crippen LogP contribution in [0.1, 0.15) is 35.2 Å². The van der Waals surface area contributed by atoms with Gasteiger partial charge in [-0.1, -0.05) is 23.7 Å². The lowest BCUT2D eigenvalue weighted by Crippen LogP contribution is -2.11. The summed E-state index contributed by atoms with van der Waals surface area (Å²) >= 11 is 6.02. The number of nitrogens with one attached hydrogen (secondary N) is 1. The molecule has 0 radical (unpaired) electrons. The summed E-state index contributed by atoms with van der Waals surface area (Å²) in [5, 5.41) is 24.7. The van der Waals surface area contributed by atoms with Gasteiger partial charge in [-0.2, -0.15) is 15.6 Å². The molecule has 0 saturated heterocycles. The number of nitriles is 2. The Morgan fingerprint density at radius 2 is 1.86 bits per heavy atom. The zero-order valence-corrected chi connectivity index (χ0v) is 15.3. The highest BCUT2D eigenvalue weighted by Crippen LogP contribution is 2.54. The highest BCUT2D eigenvalue weighted by atomic mass is 35.5. The minimum absolute atomic E-state index is 0.348. The largest absolute Gasteiger partial charge is 0.305 e. The van der Waals surface area contributed by atoms with E-state index >= 15 is 0 Å². The van der Waals surface area contributed by atoms with Gasteiger partial charge in [-0.05, 0) is 48.7 Å². The highest BCUT2D eigenvalue weighted by Gasteiger charge is 2.50. The van der Waals surface area contributed by atoms with Gasteiger partial charge in [0.25, 0.3) is 5.56 Å². The number of rotatable bonds is 2. The highest BCUT2D eigenvalue weighted by molar-refractivity contribution is 6.30. The van der Waals surface area contributed by atoms with E-state index in [0.717, 1.165) is 18.4 Å². The number of benzene rings is 2. The van der Waals surface area contributed by atoms with Gasteiger partial charge in [0.1, 0.15) is 11.6 Å². The van der Waals surface area contributed by atoms with Crippen LogP contribution in [0, 0.1) is 22.7 Å². The molecule has 1 saturated carbocycles. The van der Waals surface area contributed by atoms with Crippen molar-refractivity contribution in [2.75, 3.05) is 0 Å². The summed E-state index contributed by atoms with van der Waals surface area (Å²) in [5.74, 6) is 0. The Balaban J connectivity index is 1.83. The van der Waals surface area contributed by atoms with E-state index < -0.39 is 0 Å². The Morgan fingerprint density at radius 1 is 1.11 bits per heavy atom. The molecule has 0 amide bonds. The number of nitrogens with zero attached hydrogens (tertiary/aromatic N) is 4. The molecule has 2 heterocycles. The molecule has 1 N–H and O–H groups in total. The smallest absolute Gasteiger partial charge is 0.259 e. The lowest BCUT2D eigenvalue weighted by atomic mass is 9.90. The lowest BCUT2D eigenvalue weighted by Gasteiger charge is -2.13. The van der Waals surface area contributed by atoms with Crippen molar-refractivity contribution in [1.29, 1.82) is 10.5 Å². The maximum absolute atomic E-state index is 12.6. The van der Waals surface area contributed by atoms with E-state index in [-0.39, 0.29) is 11.0 Å². The fourth-order valence-electron chi connectivity index (χ4n) is 3.85. The summed E-state index contributed by atoms with van der Waals surface area (Å²) in [4.78, 5) is 15.4. The molecule has 28 heavy (non-hydrogen) atoms. The Kier molecular flexibility index (Phi) is 3.37. The molecule has 134 valence electrons. The van der Waals surface area contributed by atoms with Gasteiger partial charge < -0.3 is 4.98 Å². The van der Waals surface area contributed by atoms with Crippen molar-refractivity contribution in [3.63, 3.8) is 0 Å². The first-order valence-electron chi connectivity index (χ1n) is 8.73. The van der Waals surface area contributed by atoms with Gasteiger partial charge in [0, 0.05) is 10.4 Å². The van der Waals surface area contributed by atoms with Crippen LogP contribution in [0.2, 0.25) is 5.02 Å². The molecule has 0 unspecified atom stereocenters. The quantitative estimate of drug-likeness (QED) is 0.569. The summed E-state index contributed by atoms with van der Waals surface area (Å²) in [6.07, 6.45) is 1.74. The SMILES string of the molecule is N#Cc1ccc2c(c1)c(=O)[nH]c1c(C#N)c(C3(c4ccc(Cl)cc4)CC3)nn12. The molecule has 2 aromatic heterocycles. The van der Waals surface area contributed by atoms with Gasteiger partial charge in [0.2, 0.25) is 0 Å². The van der Waals surface area contributed by atoms with Crippen molar-refractivity contribution < 1.29 is 0 Å². The Morgan fingerprint density at radius 3 is 2.50 bits per heavy atom. The molecule has 1 aliphatic rings. The van der Waals surface area contributed by atoms with E-state index in [9.17, 15) is 10.1 Å². The van der Waals surface area contributed by atoms with E-state index in [4.69, 9.17) is 22.0 Å². The molecule has 0 bridgehead atoms. The van der Waals surface area contributed by atoms with E-state index in [2.05, 4.69) is 11.1 Å². The second kappa shape index (κ2) is 5.69. The molecule has 6 nitrogen and oxygen atoms in total. The standard InChI is InChI=1S/C21H12ClN5O/c22-14-4-2-13(3-5-14)21(7-8-21)18-16(11-24)19-25-20(28)15-9-12(10-23)1-6-17(15)27(19)26-18/h1-6,9H,7-8H2,(H,25,28). The number of hydrogen-bond donors (Lipinski definition) is 1. The summed E-state index contributed by atoms with van der Waals surface area (Å²) in [7, 11) is 0. The van der Waals surface area contributed by atoms with Crippen LogP contribution in [0.25, 0.3) is 16.6 Å². The maximum atomic E-state index is 12.6. The number of hydrogen-bond acceptors (Lipinski definition) is 4. The van der Waals surface area contributed by atoms with Gasteiger partial charge >= 0.3 is 0 Å². The van der Waals surface area contributed by atoms with E-state index in [1.165, 1.54) is 6.07 Å². The average Bonchev–Trinajstić information content (AvgIpc) is 3.43. The first kappa shape index (κ1) is 16.6. The minimum Gasteiger partial charge on any atom is -0.305 e. The van der Waals surface area contributed by atoms with Crippen molar-refractivity contribution in [1.82, 2.24) is 14.6 Å². The van der Waals surface area contributed by atoms with Crippen LogP contribution in [0.3, 0.4) is 0 Å². The predicted octanol–water partition coefficient (Wildman–Crippen LogP) is 3.65. The first-order valence-corrected chi connectivity index (χ1v) is 9.11. The molecule has 7 heteroatoms. The second-order valence-electron chi connectivity index (χ2n) is 6.98. The second-order valence-corrected chi connectivity index (χ2v) is 7.42. The van der Waals surface area contributed by atoms with Crippen LogP contribution in [0.5, 0.6) is 0 Å². The molecule has 2 aromatic carbocycles. The van der Waals surface area contributed by atoms with Crippen LogP contribution in [0.15, 0.2) is 47.3 Å². The van der Waals surface area contributed by atoms with Gasteiger partial charge in [-0.15, -0.1) is 0 Å². The van der Waals surface area contributed by atoms with E-state index in [1.54, 1.807) is 16.6 Å². The molecular formula is C21H12ClN5O. The summed E-state index contributed by atoms with van der Waals surface area (Å²) in [6.45, 7) is 0. The van der Waals surface area contributed by atoms with Gasteiger partial charge in [0.15, 0.2) is 5.65 Å². The van der Waals surface area contributed by atoms with Crippen molar-refractivity contribution in [2.45, 2.75) is 18.3 Å². The van der Waals surface area contributed by atoms with Crippen LogP contribution in [0.4, 0.5) is 0 Å². The molecule has 1 fully saturated rings. The predicted molar refractivity (Wildman–Crippen MR) is 104 cm³/mol. The van der Waals surface area contributed by atoms with Crippen molar-refractivity contribution in [2.24, 2.45) is 0 Å². The Bertz CT molecular complexity index is 1410. The van der Waals surface area contributed by atoms with Crippen molar-refractivity contribution >= 4 is 28.2 Å². The number of fused-ring (bicyclic) bond motifs is 3. The number of H-pyrrole nitrogens is 1. The van der Waals surface area contributed by atoms with Crippen LogP contribution in [-0.4, -0.2) is 14.6 Å². The normalized spacial score (nSPS) is 14.7. The monoisotopic (exact) mass is 385 g/mol. The fourth-order valence-corrected chi connectivity index (χ4v) is 3.98. The summed E-state index contributed by atoms with van der Waals surface area (Å²) in [5.41, 5.74) is 2.71. The topological polar surface area (TPSA) is 97.7 Å². The third-order valence-electron chi connectivity index (χ3n) is 5.43. The number of aromatic amines is 1. The summed E-state index contributed by atoms with van der Waals surface area (Å²) in [6, 6.07) is 16.7. The lowest BCUT2D eigenvalue weighted by molar-refractivity contribution is 0.775. The van der Waals surface area contributed by atoms with Crippen molar-refractivity contribution in [3.8, 4) is 12.1 Å². The average molecular weight is 386 g/mol. The third kappa shape index (κ3) is 2.19. The molecule has 0 atom stereocenters. The zero-order chi connectivity index (χ0) is 19.5. The van der Waals surface area contributed by atoms with E-state index in [0.29, 0.717) is 38.4 Å².